The lowest BCUT2D eigenvalue weighted by Crippen LogP contribution is -2.61. The average Bonchev–Trinajstić information content (AvgIpc) is 1.80. The molecule has 2 nitrogen and oxygen atoms in total. The molecule has 1 heterocycles. The second kappa shape index (κ2) is 3.00. The first-order valence-corrected chi connectivity index (χ1v) is 4.81. The summed E-state index contributed by atoms with van der Waals surface area (Å²) >= 11 is 0. The summed E-state index contributed by atoms with van der Waals surface area (Å²) in [4.78, 5) is 0. The molecule has 74 valence electrons. The monoisotopic (exact) mass is 172 g/mol. The predicted octanol–water partition coefficient (Wildman–Crippen LogP) is 1.76. The van der Waals surface area contributed by atoms with Gasteiger partial charge in [0.15, 0.2) is 0 Å². The zero-order chi connectivity index (χ0) is 9.41. The summed E-state index contributed by atoms with van der Waals surface area (Å²) in [5.74, 6) is 0. The van der Waals surface area contributed by atoms with Gasteiger partial charge in [-0.3, -0.25) is 0 Å². The molecule has 1 saturated heterocycles. The molecule has 0 aromatic rings. The van der Waals surface area contributed by atoms with E-state index in [4.69, 9.17) is 0 Å². The normalized spacial score (nSPS) is 28.8. The lowest BCUT2D eigenvalue weighted by molar-refractivity contribution is 0.150. The molecule has 0 atom stereocenters. The highest BCUT2D eigenvalue weighted by Gasteiger charge is 2.36. The molecule has 0 radical (unpaired) electrons. The smallest absolute Gasteiger partial charge is 0.0144 e. The highest BCUT2D eigenvalue weighted by Crippen LogP contribution is 2.27. The highest BCUT2D eigenvalue weighted by atomic mass is 15.1. The van der Waals surface area contributed by atoms with Crippen molar-refractivity contribution in [3.05, 3.63) is 0 Å². The first-order chi connectivity index (χ1) is 5.35. The van der Waals surface area contributed by atoms with E-state index in [9.17, 15) is 0 Å². The molecule has 12 heavy (non-hydrogen) atoms. The van der Waals surface area contributed by atoms with Crippen LogP contribution in [0.3, 0.4) is 0 Å². The van der Waals surface area contributed by atoms with Crippen molar-refractivity contribution in [3.8, 4) is 0 Å². The van der Waals surface area contributed by atoms with Gasteiger partial charge in [0.05, 0.1) is 0 Å². The van der Waals surface area contributed by atoms with Crippen LogP contribution in [0.5, 0.6) is 0 Å². The quantitative estimate of drug-likeness (QED) is 0.630. The predicted molar refractivity (Wildman–Crippen MR) is 55.5 cm³/mol. The Labute approximate surface area is 77.6 Å². The first-order valence-electron chi connectivity index (χ1n) is 4.81. The van der Waals surface area contributed by atoms with E-state index in [2.05, 4.69) is 45.4 Å². The summed E-state index contributed by atoms with van der Waals surface area (Å²) in [5, 5.41) is 7.03. The lowest BCUT2D eigenvalue weighted by Gasteiger charge is -2.46. The molecule has 1 aliphatic heterocycles. The molecular formula is C10H24N2. The average molecular weight is 172 g/mol. The van der Waals surface area contributed by atoms with Crippen molar-refractivity contribution in [2.24, 2.45) is 0 Å². The van der Waals surface area contributed by atoms with Crippen molar-refractivity contribution < 1.29 is 1.43 Å². The summed E-state index contributed by atoms with van der Waals surface area (Å²) in [6, 6.07) is 0.663. The lowest BCUT2D eigenvalue weighted by atomic mass is 9.80. The molecule has 0 aromatic carbocycles. The molecule has 2 N–H and O–H groups in total. The third-order valence-electron chi connectivity index (χ3n) is 2.60. The van der Waals surface area contributed by atoms with Crippen LogP contribution in [0.1, 0.15) is 42.0 Å². The molecule has 2 heteroatoms. The zero-order valence-corrected chi connectivity index (χ0v) is 8.99. The molecule has 0 spiro atoms. The molecule has 0 bridgehead atoms. The topological polar surface area (TPSA) is 24.1 Å². The minimum absolute atomic E-state index is 0. The van der Waals surface area contributed by atoms with Crippen LogP contribution in [0, 0.1) is 0 Å². The zero-order valence-electron chi connectivity index (χ0n) is 8.99. The fourth-order valence-corrected chi connectivity index (χ4v) is 2.53. The van der Waals surface area contributed by atoms with Gasteiger partial charge in [-0.05, 0) is 47.6 Å². The van der Waals surface area contributed by atoms with E-state index in [-0.39, 0.29) is 12.5 Å². The Morgan fingerprint density at radius 1 is 1.17 bits per heavy atom. The third-order valence-corrected chi connectivity index (χ3v) is 2.60. The first kappa shape index (κ1) is 10.0. The fourth-order valence-electron chi connectivity index (χ4n) is 2.53. The standard InChI is InChI=1S/C10H22N2.H2/c1-9(2)6-8(11-5)7-10(3,4)12-9;/h8,11-12H,6-7H2,1-5H3;1H. The van der Waals surface area contributed by atoms with E-state index in [0.29, 0.717) is 6.04 Å². The van der Waals surface area contributed by atoms with Gasteiger partial charge in [0.2, 0.25) is 0 Å². The van der Waals surface area contributed by atoms with E-state index in [0.717, 1.165) is 0 Å². The molecule has 0 unspecified atom stereocenters. The summed E-state index contributed by atoms with van der Waals surface area (Å²) in [6.45, 7) is 9.10. The summed E-state index contributed by atoms with van der Waals surface area (Å²) < 4.78 is 0. The Hall–Kier alpha value is -0.0800. The van der Waals surface area contributed by atoms with Gasteiger partial charge in [-0.15, -0.1) is 0 Å². The van der Waals surface area contributed by atoms with E-state index < -0.39 is 0 Å². The second-order valence-electron chi connectivity index (χ2n) is 5.29. The summed E-state index contributed by atoms with van der Waals surface area (Å²) in [6.07, 6.45) is 2.43. The Morgan fingerprint density at radius 2 is 1.58 bits per heavy atom. The molecule has 0 amide bonds. The number of hydrogen-bond donors (Lipinski definition) is 2. The van der Waals surface area contributed by atoms with Crippen LogP contribution in [0.15, 0.2) is 0 Å². The van der Waals surface area contributed by atoms with Crippen LogP contribution < -0.4 is 10.6 Å². The molecule has 0 saturated carbocycles. The van der Waals surface area contributed by atoms with Crippen molar-refractivity contribution in [2.75, 3.05) is 7.05 Å². The van der Waals surface area contributed by atoms with E-state index in [1.54, 1.807) is 0 Å². The maximum Gasteiger partial charge on any atom is 0.0144 e. The van der Waals surface area contributed by atoms with Crippen molar-refractivity contribution in [1.82, 2.24) is 10.6 Å². The SMILES string of the molecule is CNC1CC(C)(C)NC(C)(C)C1.[HH]. The van der Waals surface area contributed by atoms with Crippen LogP contribution >= 0.6 is 0 Å². The molecule has 0 aliphatic carbocycles. The van der Waals surface area contributed by atoms with Gasteiger partial charge in [0.1, 0.15) is 0 Å². The van der Waals surface area contributed by atoms with Gasteiger partial charge >= 0.3 is 0 Å². The van der Waals surface area contributed by atoms with Gasteiger partial charge in [0, 0.05) is 18.5 Å². The Balaban J connectivity index is 0.00000144. The molecule has 1 fully saturated rings. The van der Waals surface area contributed by atoms with Crippen LogP contribution in [0.25, 0.3) is 0 Å². The molecular weight excluding hydrogens is 148 g/mol. The van der Waals surface area contributed by atoms with Crippen LogP contribution in [0.4, 0.5) is 0 Å². The van der Waals surface area contributed by atoms with Crippen molar-refractivity contribution in [3.63, 3.8) is 0 Å². The van der Waals surface area contributed by atoms with Crippen LogP contribution in [-0.2, 0) is 0 Å². The maximum absolute atomic E-state index is 3.66. The van der Waals surface area contributed by atoms with Gasteiger partial charge in [-0.25, -0.2) is 0 Å². The molecule has 1 aliphatic rings. The van der Waals surface area contributed by atoms with Crippen LogP contribution in [0.2, 0.25) is 0 Å². The van der Waals surface area contributed by atoms with Crippen molar-refractivity contribution in [2.45, 2.75) is 57.7 Å². The summed E-state index contributed by atoms with van der Waals surface area (Å²) in [7, 11) is 2.06. The van der Waals surface area contributed by atoms with Crippen molar-refractivity contribution in [1.29, 1.82) is 0 Å². The van der Waals surface area contributed by atoms with E-state index in [1.807, 2.05) is 0 Å². The largest absolute Gasteiger partial charge is 0.317 e. The number of nitrogens with one attached hydrogen (secondary N) is 2. The molecule has 1 rings (SSSR count). The van der Waals surface area contributed by atoms with E-state index >= 15 is 0 Å². The fraction of sp³-hybridized carbons (Fsp3) is 1.00. The van der Waals surface area contributed by atoms with E-state index in [1.165, 1.54) is 12.8 Å². The maximum atomic E-state index is 3.66. The Bertz CT molecular complexity index is 150. The van der Waals surface area contributed by atoms with Gasteiger partial charge in [-0.1, -0.05) is 0 Å². The second-order valence-corrected chi connectivity index (χ2v) is 5.29. The number of rotatable bonds is 1. The minimum Gasteiger partial charge on any atom is -0.317 e. The third kappa shape index (κ3) is 2.46. The van der Waals surface area contributed by atoms with Crippen LogP contribution in [-0.4, -0.2) is 24.2 Å². The Kier molecular flexibility index (Phi) is 2.50. The number of piperidine rings is 1. The van der Waals surface area contributed by atoms with Gasteiger partial charge in [-0.2, -0.15) is 0 Å². The number of hydrogen-bond acceptors (Lipinski definition) is 2. The van der Waals surface area contributed by atoms with Gasteiger partial charge < -0.3 is 10.6 Å². The van der Waals surface area contributed by atoms with Crippen molar-refractivity contribution >= 4 is 0 Å². The van der Waals surface area contributed by atoms with Gasteiger partial charge in [0.25, 0.3) is 0 Å². The minimum atomic E-state index is 0. The molecule has 0 aromatic heterocycles. The Morgan fingerprint density at radius 3 is 1.92 bits per heavy atom. The summed E-state index contributed by atoms with van der Waals surface area (Å²) in [5.41, 5.74) is 0.546. The highest BCUT2D eigenvalue weighted by molar-refractivity contribution is 4.98.